The third kappa shape index (κ3) is 2.63. The zero-order chi connectivity index (χ0) is 16.6. The molecule has 1 aliphatic heterocycles. The molecule has 1 saturated heterocycles. The van der Waals surface area contributed by atoms with Crippen LogP contribution in [-0.2, 0) is 5.41 Å². The Kier molecular flexibility index (Phi) is 4.10. The largest absolute Gasteiger partial charge is 0.338 e. The van der Waals surface area contributed by atoms with Gasteiger partial charge in [-0.3, -0.25) is 4.90 Å². The van der Waals surface area contributed by atoms with Crippen molar-refractivity contribution >= 4 is 0 Å². The first-order chi connectivity index (χ1) is 11.7. The molecule has 24 heavy (non-hydrogen) atoms. The Balaban J connectivity index is 1.70. The Morgan fingerprint density at radius 1 is 1.33 bits per heavy atom. The fourth-order valence-corrected chi connectivity index (χ4v) is 4.05. The Morgan fingerprint density at radius 3 is 2.92 bits per heavy atom. The van der Waals surface area contributed by atoms with Crippen molar-refractivity contribution in [3.8, 4) is 0 Å². The highest BCUT2D eigenvalue weighted by Crippen LogP contribution is 2.46. The summed E-state index contributed by atoms with van der Waals surface area (Å²) < 4.78 is 19.5. The summed E-state index contributed by atoms with van der Waals surface area (Å²) in [5.41, 5.74) is 0.610. The van der Waals surface area contributed by atoms with Crippen LogP contribution in [0.15, 0.2) is 28.8 Å². The number of likely N-dealkylation sites (N-methyl/N-ethyl adjacent to an activating group) is 1. The van der Waals surface area contributed by atoms with Crippen molar-refractivity contribution in [3.63, 3.8) is 0 Å². The van der Waals surface area contributed by atoms with Crippen molar-refractivity contribution in [3.05, 3.63) is 47.4 Å². The smallest absolute Gasteiger partial charge is 0.237 e. The quantitative estimate of drug-likeness (QED) is 0.938. The van der Waals surface area contributed by atoms with Crippen molar-refractivity contribution in [2.75, 3.05) is 26.7 Å². The van der Waals surface area contributed by atoms with Crippen molar-refractivity contribution in [1.29, 1.82) is 0 Å². The van der Waals surface area contributed by atoms with Gasteiger partial charge in [-0.1, -0.05) is 30.1 Å². The van der Waals surface area contributed by atoms with Gasteiger partial charge in [0, 0.05) is 19.6 Å². The molecular weight excluding hydrogens is 307 g/mol. The second-order valence-corrected chi connectivity index (χ2v) is 6.96. The van der Waals surface area contributed by atoms with Gasteiger partial charge in [0.15, 0.2) is 5.82 Å². The summed E-state index contributed by atoms with van der Waals surface area (Å²) in [7, 11) is 2.08. The van der Waals surface area contributed by atoms with E-state index < -0.39 is 0 Å². The normalized spacial score (nSPS) is 24.3. The molecule has 1 aromatic carbocycles. The van der Waals surface area contributed by atoms with Crippen LogP contribution in [0.2, 0.25) is 0 Å². The van der Waals surface area contributed by atoms with E-state index in [1.54, 1.807) is 12.1 Å². The average molecular weight is 330 g/mol. The molecule has 5 nitrogen and oxygen atoms in total. The molecule has 1 atom stereocenters. The van der Waals surface area contributed by atoms with Crippen LogP contribution < -0.4 is 5.32 Å². The van der Waals surface area contributed by atoms with Crippen LogP contribution in [0.1, 0.15) is 49.0 Å². The second-order valence-electron chi connectivity index (χ2n) is 6.96. The van der Waals surface area contributed by atoms with E-state index in [2.05, 4.69) is 22.4 Å². The first-order valence-electron chi connectivity index (χ1n) is 8.70. The average Bonchev–Trinajstić information content (AvgIpc) is 3.25. The van der Waals surface area contributed by atoms with Gasteiger partial charge in [-0.05, 0) is 37.6 Å². The molecule has 4 rings (SSSR count). The highest BCUT2D eigenvalue weighted by Gasteiger charge is 2.43. The van der Waals surface area contributed by atoms with E-state index in [4.69, 9.17) is 9.51 Å². The van der Waals surface area contributed by atoms with Crippen LogP contribution in [0, 0.1) is 5.82 Å². The lowest BCUT2D eigenvalue weighted by atomic mass is 9.78. The van der Waals surface area contributed by atoms with E-state index in [-0.39, 0.29) is 17.3 Å². The molecular formula is C18H23FN4O. The Morgan fingerprint density at radius 2 is 2.17 bits per heavy atom. The highest BCUT2D eigenvalue weighted by molar-refractivity contribution is 5.33. The monoisotopic (exact) mass is 330 g/mol. The van der Waals surface area contributed by atoms with Crippen molar-refractivity contribution in [1.82, 2.24) is 20.4 Å². The maximum atomic E-state index is 13.8. The lowest BCUT2D eigenvalue weighted by Crippen LogP contribution is -2.44. The Labute approximate surface area is 141 Å². The van der Waals surface area contributed by atoms with E-state index in [0.29, 0.717) is 5.89 Å². The Bertz CT molecular complexity index is 711. The van der Waals surface area contributed by atoms with Crippen LogP contribution in [0.5, 0.6) is 0 Å². The molecule has 0 radical (unpaired) electrons. The number of aromatic nitrogens is 2. The van der Waals surface area contributed by atoms with Gasteiger partial charge in [-0.15, -0.1) is 0 Å². The molecule has 2 aliphatic rings. The first-order valence-corrected chi connectivity index (χ1v) is 8.70. The summed E-state index contributed by atoms with van der Waals surface area (Å²) in [5.74, 6) is 1.15. The van der Waals surface area contributed by atoms with E-state index in [9.17, 15) is 4.39 Å². The molecule has 2 fully saturated rings. The number of hydrogen-bond acceptors (Lipinski definition) is 5. The topological polar surface area (TPSA) is 54.2 Å². The number of benzene rings is 1. The van der Waals surface area contributed by atoms with Gasteiger partial charge in [-0.25, -0.2) is 4.39 Å². The fourth-order valence-electron chi connectivity index (χ4n) is 4.05. The van der Waals surface area contributed by atoms with Crippen LogP contribution in [-0.4, -0.2) is 41.7 Å². The molecule has 2 heterocycles. The number of halogens is 1. The van der Waals surface area contributed by atoms with Gasteiger partial charge in [0.05, 0.1) is 11.5 Å². The molecule has 1 N–H and O–H groups in total. The summed E-state index contributed by atoms with van der Waals surface area (Å²) in [6.07, 6.45) is 4.05. The molecule has 6 heteroatoms. The third-order valence-electron chi connectivity index (χ3n) is 5.49. The third-order valence-corrected chi connectivity index (χ3v) is 5.49. The number of nitrogens with one attached hydrogen (secondary N) is 1. The minimum Gasteiger partial charge on any atom is -0.338 e. The van der Waals surface area contributed by atoms with Crippen molar-refractivity contribution < 1.29 is 8.91 Å². The summed E-state index contributed by atoms with van der Waals surface area (Å²) in [6.45, 7) is 2.76. The van der Waals surface area contributed by atoms with Crippen molar-refractivity contribution in [2.24, 2.45) is 0 Å². The lowest BCUT2D eigenvalue weighted by molar-refractivity contribution is 0.190. The number of rotatable bonds is 3. The summed E-state index contributed by atoms with van der Waals surface area (Å²) in [4.78, 5) is 7.01. The highest BCUT2D eigenvalue weighted by atomic mass is 19.1. The summed E-state index contributed by atoms with van der Waals surface area (Å²) in [5, 5.41) is 7.64. The van der Waals surface area contributed by atoms with Gasteiger partial charge in [0.1, 0.15) is 5.82 Å². The minimum absolute atomic E-state index is 0.127. The van der Waals surface area contributed by atoms with Gasteiger partial charge < -0.3 is 9.84 Å². The summed E-state index contributed by atoms with van der Waals surface area (Å²) >= 11 is 0. The van der Waals surface area contributed by atoms with Crippen LogP contribution in [0.25, 0.3) is 0 Å². The van der Waals surface area contributed by atoms with E-state index in [0.717, 1.165) is 56.7 Å². The molecule has 2 aromatic rings. The zero-order valence-corrected chi connectivity index (χ0v) is 14.0. The fraction of sp³-hybridized carbons (Fsp3) is 0.556. The molecule has 0 amide bonds. The van der Waals surface area contributed by atoms with Gasteiger partial charge >= 0.3 is 0 Å². The standard InChI is InChI=1S/C18H23FN4O/c1-23-10-9-20-12-15(23)16-21-17(24-22-16)18(7-2-3-8-18)13-5-4-6-14(19)11-13/h4-6,11,15,20H,2-3,7-10,12H2,1H3. The maximum Gasteiger partial charge on any atom is 0.237 e. The van der Waals surface area contributed by atoms with Crippen LogP contribution in [0.4, 0.5) is 4.39 Å². The first kappa shape index (κ1) is 15.7. The number of hydrogen-bond donors (Lipinski definition) is 1. The zero-order valence-electron chi connectivity index (χ0n) is 14.0. The minimum atomic E-state index is -0.339. The molecule has 1 aliphatic carbocycles. The van der Waals surface area contributed by atoms with Crippen molar-refractivity contribution in [2.45, 2.75) is 37.1 Å². The molecule has 0 bridgehead atoms. The molecule has 0 spiro atoms. The predicted octanol–water partition coefficient (Wildman–Crippen LogP) is 2.64. The van der Waals surface area contributed by atoms with Gasteiger partial charge in [0.25, 0.3) is 0 Å². The molecule has 128 valence electrons. The van der Waals surface area contributed by atoms with Crippen LogP contribution >= 0.6 is 0 Å². The van der Waals surface area contributed by atoms with E-state index >= 15 is 0 Å². The van der Waals surface area contributed by atoms with Gasteiger partial charge in [-0.2, -0.15) is 4.98 Å². The molecule has 1 unspecified atom stereocenters. The Hall–Kier alpha value is -1.79. The molecule has 1 aromatic heterocycles. The lowest BCUT2D eigenvalue weighted by Gasteiger charge is -2.30. The van der Waals surface area contributed by atoms with E-state index in [1.165, 1.54) is 6.07 Å². The maximum absolute atomic E-state index is 13.8. The SMILES string of the molecule is CN1CCNCC1c1noc(C2(c3cccc(F)c3)CCCC2)n1. The summed E-state index contributed by atoms with van der Waals surface area (Å²) in [6, 6.07) is 6.97. The predicted molar refractivity (Wildman–Crippen MR) is 88.2 cm³/mol. The molecule has 1 saturated carbocycles. The van der Waals surface area contributed by atoms with Gasteiger partial charge in [0.2, 0.25) is 5.89 Å². The van der Waals surface area contributed by atoms with Crippen LogP contribution in [0.3, 0.4) is 0 Å². The number of nitrogens with zero attached hydrogens (tertiary/aromatic N) is 3. The number of piperazine rings is 1. The van der Waals surface area contributed by atoms with E-state index in [1.807, 2.05) is 6.07 Å². The second kappa shape index (κ2) is 6.26.